The number of aliphatic carboxylic acids is 1. The van der Waals surface area contributed by atoms with Crippen molar-refractivity contribution in [1.82, 2.24) is 15.1 Å². The molecule has 1 unspecified atom stereocenters. The van der Waals surface area contributed by atoms with Gasteiger partial charge in [-0.25, -0.2) is 0 Å². The van der Waals surface area contributed by atoms with Gasteiger partial charge in [0.15, 0.2) is 0 Å². The van der Waals surface area contributed by atoms with Gasteiger partial charge in [0.25, 0.3) is 0 Å². The molecule has 0 spiro atoms. The Morgan fingerprint density at radius 1 is 1.35 bits per heavy atom. The Morgan fingerprint density at radius 3 is 2.45 bits per heavy atom. The number of nitrogens with one attached hydrogen (secondary N) is 1. The molecular weight excluding hydrogens is 254 g/mol. The van der Waals surface area contributed by atoms with Gasteiger partial charge in [0, 0.05) is 19.1 Å². The predicted molar refractivity (Wildman–Crippen MR) is 79.9 cm³/mol. The van der Waals surface area contributed by atoms with E-state index in [-0.39, 0.29) is 0 Å². The number of hydrogen-bond acceptors (Lipinski definition) is 4. The third-order valence-corrected chi connectivity index (χ3v) is 4.57. The minimum atomic E-state index is -0.818. The molecular formula is C15H29N3O2. The highest BCUT2D eigenvalue weighted by molar-refractivity contribution is 5.78. The molecule has 2 aliphatic rings. The van der Waals surface area contributed by atoms with Crippen molar-refractivity contribution >= 4 is 5.97 Å². The third-order valence-electron chi connectivity index (χ3n) is 4.57. The summed E-state index contributed by atoms with van der Waals surface area (Å²) in [7, 11) is 4.22. The summed E-state index contributed by atoms with van der Waals surface area (Å²) < 4.78 is 0. The van der Waals surface area contributed by atoms with E-state index < -0.39 is 11.5 Å². The molecule has 0 aromatic carbocycles. The number of likely N-dealkylation sites (N-methyl/N-ethyl adjacent to an activating group) is 1. The number of carboxylic acids is 1. The van der Waals surface area contributed by atoms with Crippen LogP contribution in [-0.2, 0) is 4.79 Å². The Hall–Kier alpha value is -0.650. The topological polar surface area (TPSA) is 55.8 Å². The maximum Gasteiger partial charge on any atom is 0.324 e. The first-order valence-electron chi connectivity index (χ1n) is 7.77. The fraction of sp³-hybridized carbons (Fsp3) is 0.933. The van der Waals surface area contributed by atoms with Gasteiger partial charge in [0.1, 0.15) is 5.54 Å². The highest BCUT2D eigenvalue weighted by Gasteiger charge is 2.39. The van der Waals surface area contributed by atoms with Crippen molar-refractivity contribution in [3.05, 3.63) is 0 Å². The summed E-state index contributed by atoms with van der Waals surface area (Å²) in [5.41, 5.74) is -0.818. The highest BCUT2D eigenvalue weighted by Crippen LogP contribution is 2.24. The van der Waals surface area contributed by atoms with Crippen LogP contribution in [0.4, 0.5) is 0 Å². The minimum Gasteiger partial charge on any atom is -0.480 e. The van der Waals surface area contributed by atoms with Crippen LogP contribution < -0.4 is 5.32 Å². The number of piperidine rings is 1. The fourth-order valence-electron chi connectivity index (χ4n) is 3.14. The predicted octanol–water partition coefficient (Wildman–Crippen LogP) is 0.855. The molecule has 1 saturated heterocycles. The molecule has 5 heteroatoms. The minimum absolute atomic E-state index is 0.410. The van der Waals surface area contributed by atoms with Crippen LogP contribution in [0.5, 0.6) is 0 Å². The Morgan fingerprint density at radius 2 is 1.95 bits per heavy atom. The summed E-state index contributed by atoms with van der Waals surface area (Å²) in [4.78, 5) is 16.1. The lowest BCUT2D eigenvalue weighted by Gasteiger charge is -2.35. The summed E-state index contributed by atoms with van der Waals surface area (Å²) in [5, 5.41) is 12.8. The molecule has 116 valence electrons. The van der Waals surface area contributed by atoms with Gasteiger partial charge < -0.3 is 14.9 Å². The van der Waals surface area contributed by atoms with Gasteiger partial charge in [-0.15, -0.1) is 0 Å². The first kappa shape index (κ1) is 15.7. The Bertz CT molecular complexity index is 338. The number of carbonyl (C=O) groups is 1. The summed E-state index contributed by atoms with van der Waals surface area (Å²) >= 11 is 0. The molecule has 1 aliphatic heterocycles. The van der Waals surface area contributed by atoms with E-state index in [4.69, 9.17) is 0 Å². The Kier molecular flexibility index (Phi) is 5.04. The molecule has 0 aromatic heterocycles. The van der Waals surface area contributed by atoms with Gasteiger partial charge in [-0.3, -0.25) is 10.1 Å². The van der Waals surface area contributed by atoms with Crippen molar-refractivity contribution in [2.24, 2.45) is 5.92 Å². The van der Waals surface area contributed by atoms with Crippen molar-refractivity contribution in [2.45, 2.75) is 44.2 Å². The maximum atomic E-state index is 11.6. The second-order valence-electron chi connectivity index (χ2n) is 7.00. The van der Waals surface area contributed by atoms with E-state index in [1.54, 1.807) is 0 Å². The van der Waals surface area contributed by atoms with E-state index in [9.17, 15) is 9.90 Å². The van der Waals surface area contributed by atoms with Crippen LogP contribution in [0.15, 0.2) is 0 Å². The molecule has 0 bridgehead atoms. The molecule has 0 amide bonds. The molecule has 2 fully saturated rings. The van der Waals surface area contributed by atoms with Crippen LogP contribution in [0, 0.1) is 5.92 Å². The van der Waals surface area contributed by atoms with Crippen molar-refractivity contribution in [2.75, 3.05) is 40.3 Å². The largest absolute Gasteiger partial charge is 0.480 e. The number of likely N-dealkylation sites (tertiary alicyclic amines) is 1. The standard InChI is InChI=1S/C15H29N3O2/c1-15(14(19)20,16-13-4-5-13)11-18(3)10-12-6-8-17(2)9-7-12/h12-13,16H,4-11H2,1-3H3,(H,19,20). The van der Waals surface area contributed by atoms with E-state index >= 15 is 0 Å². The number of hydrogen-bond donors (Lipinski definition) is 2. The van der Waals surface area contributed by atoms with Crippen LogP contribution >= 0.6 is 0 Å². The molecule has 1 saturated carbocycles. The molecule has 0 radical (unpaired) electrons. The monoisotopic (exact) mass is 283 g/mol. The zero-order valence-electron chi connectivity index (χ0n) is 13.1. The SMILES string of the molecule is CN1CCC(CN(C)CC(C)(NC2CC2)C(=O)O)CC1. The van der Waals surface area contributed by atoms with E-state index in [1.165, 1.54) is 12.8 Å². The van der Waals surface area contributed by atoms with Crippen molar-refractivity contribution in [1.29, 1.82) is 0 Å². The summed E-state index contributed by atoms with van der Waals surface area (Å²) in [6.07, 6.45) is 4.67. The molecule has 1 heterocycles. The first-order valence-corrected chi connectivity index (χ1v) is 7.77. The fourth-order valence-corrected chi connectivity index (χ4v) is 3.14. The quantitative estimate of drug-likeness (QED) is 0.726. The van der Waals surface area contributed by atoms with Crippen LogP contribution in [0.25, 0.3) is 0 Å². The Labute approximate surface area is 122 Å². The summed E-state index contributed by atoms with van der Waals surface area (Å²) in [6, 6.07) is 0.410. The van der Waals surface area contributed by atoms with Crippen molar-refractivity contribution in [3.8, 4) is 0 Å². The second-order valence-corrected chi connectivity index (χ2v) is 7.00. The average Bonchev–Trinajstić information content (AvgIpc) is 3.15. The lowest BCUT2D eigenvalue weighted by Crippen LogP contribution is -2.57. The van der Waals surface area contributed by atoms with Crippen molar-refractivity contribution < 1.29 is 9.90 Å². The van der Waals surface area contributed by atoms with Gasteiger partial charge in [-0.1, -0.05) is 0 Å². The van der Waals surface area contributed by atoms with Crippen LogP contribution in [0.1, 0.15) is 32.6 Å². The molecule has 1 aliphatic carbocycles. The number of nitrogens with zero attached hydrogens (tertiary/aromatic N) is 2. The van der Waals surface area contributed by atoms with E-state index in [0.29, 0.717) is 18.5 Å². The molecule has 2 rings (SSSR count). The smallest absolute Gasteiger partial charge is 0.324 e. The van der Waals surface area contributed by atoms with Crippen LogP contribution in [0.2, 0.25) is 0 Å². The lowest BCUT2D eigenvalue weighted by molar-refractivity contribution is -0.145. The third kappa shape index (κ3) is 4.43. The lowest BCUT2D eigenvalue weighted by atomic mass is 9.95. The van der Waals surface area contributed by atoms with Crippen LogP contribution in [-0.4, -0.2) is 72.7 Å². The van der Waals surface area contributed by atoms with E-state index in [1.807, 2.05) is 14.0 Å². The zero-order valence-corrected chi connectivity index (χ0v) is 13.1. The average molecular weight is 283 g/mol. The second kappa shape index (κ2) is 6.41. The van der Waals surface area contributed by atoms with Gasteiger partial charge in [-0.2, -0.15) is 0 Å². The normalized spacial score (nSPS) is 24.8. The zero-order chi connectivity index (χ0) is 14.8. The van der Waals surface area contributed by atoms with E-state index in [2.05, 4.69) is 22.2 Å². The summed E-state index contributed by atoms with van der Waals surface area (Å²) in [5.74, 6) is -0.0326. The van der Waals surface area contributed by atoms with Gasteiger partial charge >= 0.3 is 5.97 Å². The van der Waals surface area contributed by atoms with E-state index in [0.717, 1.165) is 32.5 Å². The maximum absolute atomic E-state index is 11.6. The number of carboxylic acid groups (broad SMARTS) is 1. The highest BCUT2D eigenvalue weighted by atomic mass is 16.4. The van der Waals surface area contributed by atoms with Gasteiger partial charge in [-0.05, 0) is 65.7 Å². The molecule has 20 heavy (non-hydrogen) atoms. The van der Waals surface area contributed by atoms with Crippen LogP contribution in [0.3, 0.4) is 0 Å². The van der Waals surface area contributed by atoms with Crippen molar-refractivity contribution in [3.63, 3.8) is 0 Å². The molecule has 2 N–H and O–H groups in total. The Balaban J connectivity index is 1.81. The summed E-state index contributed by atoms with van der Waals surface area (Å²) in [6.45, 7) is 5.72. The molecule has 5 nitrogen and oxygen atoms in total. The first-order chi connectivity index (χ1) is 9.39. The molecule has 0 aromatic rings. The van der Waals surface area contributed by atoms with Gasteiger partial charge in [0.2, 0.25) is 0 Å². The van der Waals surface area contributed by atoms with Gasteiger partial charge in [0.05, 0.1) is 0 Å². The molecule has 1 atom stereocenters. The number of rotatable bonds is 7.